The average molecular weight is 501 g/mol. The molecule has 10 heteroatoms. The summed E-state index contributed by atoms with van der Waals surface area (Å²) in [4.78, 5) is 63.2. The Balaban J connectivity index is 2.18. The van der Waals surface area contributed by atoms with Crippen LogP contribution in [0.1, 0.15) is 74.2 Å². The number of nitrogens with one attached hydrogen (secondary N) is 1. The first kappa shape index (κ1) is 28.5. The van der Waals surface area contributed by atoms with Crippen molar-refractivity contribution in [3.63, 3.8) is 0 Å². The van der Waals surface area contributed by atoms with Gasteiger partial charge in [0.25, 0.3) is 11.5 Å². The Bertz CT molecular complexity index is 1250. The first-order valence-corrected chi connectivity index (χ1v) is 11.9. The zero-order valence-electron chi connectivity index (χ0n) is 22.0. The highest BCUT2D eigenvalue weighted by atomic mass is 16.5. The highest BCUT2D eigenvalue weighted by molar-refractivity contribution is 6.02. The summed E-state index contributed by atoms with van der Waals surface area (Å²) < 4.78 is 7.10. The van der Waals surface area contributed by atoms with Crippen molar-refractivity contribution in [1.29, 1.82) is 0 Å². The van der Waals surface area contributed by atoms with Crippen molar-refractivity contribution in [2.45, 2.75) is 66.0 Å². The number of aromatic nitrogens is 2. The van der Waals surface area contributed by atoms with Crippen LogP contribution in [0.5, 0.6) is 0 Å². The first-order valence-electron chi connectivity index (χ1n) is 11.9. The number of nitrogens with two attached hydrogens (primary N) is 1. The quantitative estimate of drug-likeness (QED) is 0.396. The third-order valence-electron chi connectivity index (χ3n) is 5.88. The van der Waals surface area contributed by atoms with E-state index >= 15 is 0 Å². The van der Waals surface area contributed by atoms with Gasteiger partial charge >= 0.3 is 11.7 Å². The predicted molar refractivity (Wildman–Crippen MR) is 137 cm³/mol. The molecule has 2 rings (SSSR count). The lowest BCUT2D eigenvalue weighted by Crippen LogP contribution is -2.46. The molecule has 3 N–H and O–H groups in total. The molecule has 1 amide bonds. The van der Waals surface area contributed by atoms with Gasteiger partial charge in [-0.05, 0) is 35.4 Å². The van der Waals surface area contributed by atoms with Crippen LogP contribution in [0.15, 0.2) is 33.9 Å². The number of hydrogen-bond donors (Lipinski definition) is 2. The summed E-state index contributed by atoms with van der Waals surface area (Å²) in [5.74, 6) is -2.72. The fourth-order valence-electron chi connectivity index (χ4n) is 3.63. The maximum Gasteiger partial charge on any atom is 0.332 e. The smallest absolute Gasteiger partial charge is 0.332 e. The Morgan fingerprint density at radius 1 is 1.08 bits per heavy atom. The summed E-state index contributed by atoms with van der Waals surface area (Å²) in [5, 5.41) is 2.66. The SMILES string of the molecule is CCCn1c(N)c(C(=O)COC(=O)[C@@H](NC(=O)c2ccc(C(C)(C)C)cc2)C(C)C)c(=O)n(C)c1=O. The minimum absolute atomic E-state index is 0.0694. The molecule has 10 nitrogen and oxygen atoms in total. The number of ether oxygens (including phenoxy) is 1. The molecule has 0 aliphatic carbocycles. The van der Waals surface area contributed by atoms with Crippen molar-refractivity contribution in [3.05, 3.63) is 61.8 Å². The number of Topliss-reactive ketones (excluding diaryl/α,β-unsaturated/α-hetero) is 1. The van der Waals surface area contributed by atoms with Gasteiger partial charge in [-0.1, -0.05) is 53.7 Å². The van der Waals surface area contributed by atoms with Crippen LogP contribution in [-0.4, -0.2) is 39.4 Å². The molecule has 0 aliphatic rings. The number of carbonyl (C=O) groups is 3. The van der Waals surface area contributed by atoms with Gasteiger partial charge < -0.3 is 15.8 Å². The highest BCUT2D eigenvalue weighted by Crippen LogP contribution is 2.22. The molecular formula is C26H36N4O6. The largest absolute Gasteiger partial charge is 0.456 e. The van der Waals surface area contributed by atoms with Crippen molar-refractivity contribution in [2.24, 2.45) is 13.0 Å². The van der Waals surface area contributed by atoms with Crippen LogP contribution in [0.25, 0.3) is 0 Å². The van der Waals surface area contributed by atoms with Crippen molar-refractivity contribution < 1.29 is 19.1 Å². The fourth-order valence-corrected chi connectivity index (χ4v) is 3.63. The molecule has 1 atom stereocenters. The first-order chi connectivity index (χ1) is 16.7. The Morgan fingerprint density at radius 3 is 2.17 bits per heavy atom. The zero-order chi connectivity index (χ0) is 27.4. The van der Waals surface area contributed by atoms with Crippen molar-refractivity contribution in [1.82, 2.24) is 14.5 Å². The molecule has 1 aromatic heterocycles. The number of esters is 1. The zero-order valence-corrected chi connectivity index (χ0v) is 22.0. The Hall–Kier alpha value is -3.69. The third-order valence-corrected chi connectivity index (χ3v) is 5.88. The van der Waals surface area contributed by atoms with Crippen LogP contribution in [0.3, 0.4) is 0 Å². The Kier molecular flexibility index (Phi) is 9.01. The molecule has 0 saturated carbocycles. The maximum atomic E-state index is 12.8. The minimum Gasteiger partial charge on any atom is -0.456 e. The third kappa shape index (κ3) is 6.30. The second-order valence-electron chi connectivity index (χ2n) is 10.1. The second-order valence-corrected chi connectivity index (χ2v) is 10.1. The summed E-state index contributed by atoms with van der Waals surface area (Å²) >= 11 is 0. The van der Waals surface area contributed by atoms with Gasteiger partial charge in [-0.3, -0.25) is 23.5 Å². The van der Waals surface area contributed by atoms with Gasteiger partial charge in [0.05, 0.1) is 0 Å². The molecule has 2 aromatic rings. The second kappa shape index (κ2) is 11.4. The van der Waals surface area contributed by atoms with Crippen LogP contribution in [0.2, 0.25) is 0 Å². The Labute approximate surface area is 210 Å². The standard InChI is InChI=1S/C26H36N4O6/c1-8-13-30-21(27)19(23(33)29(7)25(30)35)18(31)14-36-24(34)20(15(2)3)28-22(32)16-9-11-17(12-10-16)26(4,5)6/h9-12,15,20H,8,13-14,27H2,1-7H3,(H,28,32)/t20-/m0/s1. The molecule has 0 bridgehead atoms. The number of nitrogen functional groups attached to an aromatic ring is 1. The topological polar surface area (TPSA) is 142 Å². The molecular weight excluding hydrogens is 464 g/mol. The predicted octanol–water partition coefficient (Wildman–Crippen LogP) is 2.02. The van der Waals surface area contributed by atoms with E-state index in [0.29, 0.717) is 12.0 Å². The summed E-state index contributed by atoms with van der Waals surface area (Å²) in [6.45, 7) is 10.9. The van der Waals surface area contributed by atoms with Crippen LogP contribution >= 0.6 is 0 Å². The number of ketones is 1. The van der Waals surface area contributed by atoms with Gasteiger partial charge in [0.1, 0.15) is 17.4 Å². The molecule has 0 saturated heterocycles. The number of nitrogens with zero attached hydrogens (tertiary/aromatic N) is 2. The molecule has 0 radical (unpaired) electrons. The number of hydrogen-bond acceptors (Lipinski definition) is 7. The number of benzene rings is 1. The van der Waals surface area contributed by atoms with Crippen LogP contribution in [-0.2, 0) is 28.5 Å². The van der Waals surface area contributed by atoms with E-state index in [1.54, 1.807) is 26.0 Å². The highest BCUT2D eigenvalue weighted by Gasteiger charge is 2.28. The number of anilines is 1. The lowest BCUT2D eigenvalue weighted by Gasteiger charge is -2.22. The van der Waals surface area contributed by atoms with Gasteiger partial charge in [-0.15, -0.1) is 0 Å². The number of carbonyl (C=O) groups excluding carboxylic acids is 3. The van der Waals surface area contributed by atoms with Crippen LogP contribution in [0.4, 0.5) is 5.82 Å². The normalized spacial score (nSPS) is 12.3. The van der Waals surface area contributed by atoms with Crippen LogP contribution in [0, 0.1) is 5.92 Å². The summed E-state index contributed by atoms with van der Waals surface area (Å²) in [6, 6.07) is 6.07. The minimum atomic E-state index is -1.03. The van der Waals surface area contributed by atoms with Gasteiger partial charge in [0.2, 0.25) is 5.78 Å². The summed E-state index contributed by atoms with van der Waals surface area (Å²) in [5.41, 5.74) is 5.42. The van der Waals surface area contributed by atoms with E-state index in [2.05, 4.69) is 26.1 Å². The fraction of sp³-hybridized carbons (Fsp3) is 0.500. The van der Waals surface area contributed by atoms with E-state index in [4.69, 9.17) is 10.5 Å². The van der Waals surface area contributed by atoms with E-state index in [0.717, 1.165) is 14.7 Å². The lowest BCUT2D eigenvalue weighted by atomic mass is 9.86. The summed E-state index contributed by atoms with van der Waals surface area (Å²) in [6.07, 6.45) is 0.555. The van der Waals surface area contributed by atoms with Gasteiger partial charge in [-0.2, -0.15) is 0 Å². The molecule has 0 unspecified atom stereocenters. The monoisotopic (exact) mass is 500 g/mol. The lowest BCUT2D eigenvalue weighted by molar-refractivity contribution is -0.145. The van der Waals surface area contributed by atoms with Gasteiger partial charge in [0, 0.05) is 19.2 Å². The van der Waals surface area contributed by atoms with E-state index in [9.17, 15) is 24.0 Å². The number of rotatable bonds is 9. The van der Waals surface area contributed by atoms with Crippen LogP contribution < -0.4 is 22.3 Å². The van der Waals surface area contributed by atoms with Crippen molar-refractivity contribution >= 4 is 23.5 Å². The molecule has 196 valence electrons. The van der Waals surface area contributed by atoms with E-state index in [-0.39, 0.29) is 23.7 Å². The van der Waals surface area contributed by atoms with E-state index < -0.39 is 47.1 Å². The van der Waals surface area contributed by atoms with Crippen molar-refractivity contribution in [2.75, 3.05) is 12.3 Å². The Morgan fingerprint density at radius 2 is 1.67 bits per heavy atom. The molecule has 0 fully saturated rings. The molecule has 36 heavy (non-hydrogen) atoms. The van der Waals surface area contributed by atoms with Gasteiger partial charge in [0.15, 0.2) is 6.61 Å². The molecule has 1 heterocycles. The van der Waals surface area contributed by atoms with Gasteiger partial charge in [-0.25, -0.2) is 9.59 Å². The average Bonchev–Trinajstić information content (AvgIpc) is 2.81. The molecule has 0 aliphatic heterocycles. The molecule has 1 aromatic carbocycles. The maximum absolute atomic E-state index is 12.8. The van der Waals surface area contributed by atoms with Crippen molar-refractivity contribution in [3.8, 4) is 0 Å². The van der Waals surface area contributed by atoms with E-state index in [1.165, 1.54) is 7.05 Å². The van der Waals surface area contributed by atoms with E-state index in [1.807, 2.05) is 19.1 Å². The summed E-state index contributed by atoms with van der Waals surface area (Å²) in [7, 11) is 1.25. The number of amides is 1. The molecule has 0 spiro atoms.